The van der Waals surface area contributed by atoms with Crippen LogP contribution in [0.1, 0.15) is 51.5 Å². The molecule has 0 spiro atoms. The number of imide groups is 1. The number of piperidine rings is 1. The first kappa shape index (κ1) is 23.4. The van der Waals surface area contributed by atoms with Gasteiger partial charge < -0.3 is 10.2 Å². The number of benzene rings is 1. The minimum atomic E-state index is -1.12. The maximum absolute atomic E-state index is 13.7. The van der Waals surface area contributed by atoms with Crippen LogP contribution >= 0.6 is 0 Å². The summed E-state index contributed by atoms with van der Waals surface area (Å²) in [6.07, 6.45) is 3.54. The molecule has 1 saturated carbocycles. The van der Waals surface area contributed by atoms with Crippen molar-refractivity contribution in [2.45, 2.75) is 57.9 Å². The fourth-order valence-corrected chi connectivity index (χ4v) is 5.04. The second-order valence-electron chi connectivity index (χ2n) is 10.2. The number of hydrogen-bond donors (Lipinski definition) is 1. The monoisotopic (exact) mass is 457 g/mol. The lowest BCUT2D eigenvalue weighted by atomic mass is 9.73. The topological polar surface area (TPSA) is 86.8 Å². The molecule has 1 aliphatic carbocycles. The van der Waals surface area contributed by atoms with Gasteiger partial charge in [0, 0.05) is 32.5 Å². The number of ketones is 1. The fourth-order valence-electron chi connectivity index (χ4n) is 5.04. The number of hydrogen-bond acceptors (Lipinski definition) is 4. The molecule has 0 bridgehead atoms. The molecule has 1 N–H and O–H groups in total. The number of halogens is 1. The molecule has 1 atom stereocenters. The number of amides is 4. The molecule has 2 heterocycles. The highest BCUT2D eigenvalue weighted by molar-refractivity contribution is 6.36. The summed E-state index contributed by atoms with van der Waals surface area (Å²) in [5.41, 5.74) is -0.357. The van der Waals surface area contributed by atoms with E-state index in [1.165, 1.54) is 17.0 Å². The minimum absolute atomic E-state index is 0.113. The van der Waals surface area contributed by atoms with Crippen molar-refractivity contribution in [1.29, 1.82) is 0 Å². The van der Waals surface area contributed by atoms with Crippen LogP contribution in [0.25, 0.3) is 0 Å². The molecule has 1 aromatic rings. The summed E-state index contributed by atoms with van der Waals surface area (Å²) in [5.74, 6) is -1.15. The minimum Gasteiger partial charge on any atom is -0.336 e. The molecule has 2 aliphatic heterocycles. The largest absolute Gasteiger partial charge is 0.336 e. The average molecular weight is 458 g/mol. The third-order valence-electron chi connectivity index (χ3n) is 7.05. The van der Waals surface area contributed by atoms with Crippen molar-refractivity contribution >= 4 is 23.6 Å². The fraction of sp³-hybridized carbons (Fsp3) is 0.600. The number of carbonyl (C=O) groups is 4. The van der Waals surface area contributed by atoms with Gasteiger partial charge in [0.05, 0.1) is 0 Å². The number of nitrogens with zero attached hydrogens (tertiary/aromatic N) is 2. The van der Waals surface area contributed by atoms with Gasteiger partial charge in [-0.3, -0.25) is 19.3 Å². The van der Waals surface area contributed by atoms with Crippen LogP contribution in [0, 0.1) is 23.6 Å². The van der Waals surface area contributed by atoms with Crippen LogP contribution in [-0.4, -0.2) is 58.6 Å². The first-order valence-corrected chi connectivity index (χ1v) is 11.9. The maximum atomic E-state index is 13.7. The highest BCUT2D eigenvalue weighted by atomic mass is 19.1. The van der Waals surface area contributed by atoms with E-state index < -0.39 is 11.4 Å². The zero-order valence-electron chi connectivity index (χ0n) is 19.3. The van der Waals surface area contributed by atoms with E-state index in [1.807, 2.05) is 13.8 Å². The van der Waals surface area contributed by atoms with E-state index in [-0.39, 0.29) is 48.2 Å². The Kier molecular flexibility index (Phi) is 6.54. The second kappa shape index (κ2) is 9.23. The molecule has 7 nitrogen and oxygen atoms in total. The summed E-state index contributed by atoms with van der Waals surface area (Å²) in [6, 6.07) is 5.62. The van der Waals surface area contributed by atoms with Crippen molar-refractivity contribution in [3.63, 3.8) is 0 Å². The van der Waals surface area contributed by atoms with E-state index in [0.29, 0.717) is 38.4 Å². The van der Waals surface area contributed by atoms with Crippen LogP contribution in [-0.2, 0) is 20.8 Å². The lowest BCUT2D eigenvalue weighted by molar-refractivity contribution is -0.146. The molecule has 4 amide bonds. The summed E-state index contributed by atoms with van der Waals surface area (Å²) in [7, 11) is 0. The van der Waals surface area contributed by atoms with Crippen LogP contribution in [0.3, 0.4) is 0 Å². The van der Waals surface area contributed by atoms with Crippen LogP contribution < -0.4 is 5.32 Å². The molecule has 3 fully saturated rings. The molecule has 3 aliphatic rings. The predicted octanol–water partition coefficient (Wildman–Crippen LogP) is 2.92. The summed E-state index contributed by atoms with van der Waals surface area (Å²) in [5, 5.41) is 3.00. The van der Waals surface area contributed by atoms with E-state index in [2.05, 4.69) is 5.32 Å². The van der Waals surface area contributed by atoms with Gasteiger partial charge >= 0.3 is 6.03 Å². The van der Waals surface area contributed by atoms with Gasteiger partial charge in [0.1, 0.15) is 11.4 Å². The van der Waals surface area contributed by atoms with E-state index >= 15 is 0 Å². The van der Waals surface area contributed by atoms with Crippen molar-refractivity contribution in [1.82, 2.24) is 15.1 Å². The van der Waals surface area contributed by atoms with Crippen LogP contribution in [0.5, 0.6) is 0 Å². The van der Waals surface area contributed by atoms with Gasteiger partial charge in [0.2, 0.25) is 5.78 Å². The number of carbonyl (C=O) groups excluding carboxylic acids is 4. The van der Waals surface area contributed by atoms with Crippen molar-refractivity contribution in [2.75, 3.05) is 19.6 Å². The molecular weight excluding hydrogens is 425 g/mol. The van der Waals surface area contributed by atoms with E-state index in [1.54, 1.807) is 17.0 Å². The first-order chi connectivity index (χ1) is 15.7. The lowest BCUT2D eigenvalue weighted by Crippen LogP contribution is -2.58. The second-order valence-corrected chi connectivity index (χ2v) is 10.2. The Morgan fingerprint density at radius 2 is 1.73 bits per heavy atom. The van der Waals surface area contributed by atoms with Gasteiger partial charge in [0.15, 0.2) is 0 Å². The maximum Gasteiger partial charge on any atom is 0.325 e. The Labute approximate surface area is 193 Å². The number of rotatable bonds is 8. The molecule has 0 unspecified atom stereocenters. The number of Topliss-reactive ketones (excluding diaryl/α,β-unsaturated/α-hetero) is 1. The van der Waals surface area contributed by atoms with Gasteiger partial charge in [-0.1, -0.05) is 26.0 Å². The predicted molar refractivity (Wildman–Crippen MR) is 120 cm³/mol. The zero-order chi connectivity index (χ0) is 23.8. The van der Waals surface area contributed by atoms with Gasteiger partial charge in [-0.15, -0.1) is 0 Å². The molecular formula is C25H32FN3O4. The first-order valence-electron chi connectivity index (χ1n) is 11.9. The van der Waals surface area contributed by atoms with Gasteiger partial charge in [-0.2, -0.15) is 0 Å². The Morgan fingerprint density at radius 1 is 1.09 bits per heavy atom. The smallest absolute Gasteiger partial charge is 0.325 e. The quantitative estimate of drug-likeness (QED) is 0.480. The molecule has 178 valence electrons. The van der Waals surface area contributed by atoms with Crippen molar-refractivity contribution < 1.29 is 23.6 Å². The van der Waals surface area contributed by atoms with Crippen LogP contribution in [0.15, 0.2) is 24.3 Å². The van der Waals surface area contributed by atoms with E-state index in [9.17, 15) is 23.6 Å². The number of urea groups is 1. The zero-order valence-corrected chi connectivity index (χ0v) is 19.3. The number of nitrogens with one attached hydrogen (secondary N) is 1. The van der Waals surface area contributed by atoms with E-state index in [0.717, 1.165) is 18.4 Å². The molecule has 4 rings (SSSR count). The van der Waals surface area contributed by atoms with Crippen molar-refractivity contribution in [3.05, 3.63) is 35.6 Å². The molecule has 33 heavy (non-hydrogen) atoms. The summed E-state index contributed by atoms with van der Waals surface area (Å²) in [4.78, 5) is 54.2. The Bertz CT molecular complexity index is 935. The summed E-state index contributed by atoms with van der Waals surface area (Å²) >= 11 is 0. The normalized spacial score (nSPS) is 23.9. The Balaban J connectivity index is 1.53. The SMILES string of the molecule is CC(C)CC(=O)C(=O)N1CCC([C@]2(Cc3ccc(F)cc3)NC(=O)N(CC3CC3)C2=O)CC1. The third-order valence-corrected chi connectivity index (χ3v) is 7.05. The molecule has 1 aromatic carbocycles. The van der Waals surface area contributed by atoms with Gasteiger partial charge in [-0.25, -0.2) is 9.18 Å². The van der Waals surface area contributed by atoms with Crippen LogP contribution in [0.4, 0.5) is 9.18 Å². The highest BCUT2D eigenvalue weighted by Crippen LogP contribution is 2.39. The van der Waals surface area contributed by atoms with Gasteiger partial charge in [0.25, 0.3) is 11.8 Å². The molecule has 2 saturated heterocycles. The molecule has 0 radical (unpaired) electrons. The lowest BCUT2D eigenvalue weighted by Gasteiger charge is -2.41. The van der Waals surface area contributed by atoms with Gasteiger partial charge in [-0.05, 0) is 61.1 Å². The highest BCUT2D eigenvalue weighted by Gasteiger charge is 2.56. The van der Waals surface area contributed by atoms with Crippen molar-refractivity contribution in [2.24, 2.45) is 17.8 Å². The average Bonchev–Trinajstić information content (AvgIpc) is 3.57. The Morgan fingerprint density at radius 3 is 2.30 bits per heavy atom. The summed E-state index contributed by atoms with van der Waals surface area (Å²) in [6.45, 7) is 4.96. The van der Waals surface area contributed by atoms with E-state index in [4.69, 9.17) is 0 Å². The summed E-state index contributed by atoms with van der Waals surface area (Å²) < 4.78 is 13.5. The van der Waals surface area contributed by atoms with Crippen molar-refractivity contribution in [3.8, 4) is 0 Å². The number of likely N-dealkylation sites (tertiary alicyclic amines) is 1. The molecule has 0 aromatic heterocycles. The standard InChI is InChI=1S/C25H32FN3O4/c1-16(2)13-21(30)22(31)28-11-9-19(10-12-28)25(14-17-5-7-20(26)8-6-17)23(32)29(24(33)27-25)15-18-3-4-18/h5-8,16,18-19H,3-4,9-15H2,1-2H3,(H,27,33)/t25-/m0/s1. The Hall–Kier alpha value is -2.77. The molecule has 8 heteroatoms. The third kappa shape index (κ3) is 4.94. The van der Waals surface area contributed by atoms with Crippen LogP contribution in [0.2, 0.25) is 0 Å².